The van der Waals surface area contributed by atoms with Gasteiger partial charge in [-0.2, -0.15) is 0 Å². The first-order valence-electron chi connectivity index (χ1n) is 5.96. The Kier molecular flexibility index (Phi) is 6.71. The molecule has 0 aromatic heterocycles. The summed E-state index contributed by atoms with van der Waals surface area (Å²) in [6, 6.07) is 5.35. The van der Waals surface area contributed by atoms with Crippen molar-refractivity contribution in [3.8, 4) is 5.75 Å². The number of rotatable bonds is 7. The number of hydrogen-bond donors (Lipinski definition) is 1. The van der Waals surface area contributed by atoms with Crippen LogP contribution in [0.25, 0.3) is 0 Å². The molecule has 0 amide bonds. The van der Waals surface area contributed by atoms with Crippen LogP contribution in [0.5, 0.6) is 5.75 Å². The van der Waals surface area contributed by atoms with Crippen LogP contribution in [0.4, 0.5) is 0 Å². The highest BCUT2D eigenvalue weighted by molar-refractivity contribution is 6.42. The van der Waals surface area contributed by atoms with E-state index in [-0.39, 0.29) is 6.10 Å². The van der Waals surface area contributed by atoms with Crippen LogP contribution in [0, 0.1) is 0 Å². The van der Waals surface area contributed by atoms with Gasteiger partial charge in [0.15, 0.2) is 0 Å². The molecule has 2 nitrogen and oxygen atoms in total. The molecule has 0 aliphatic carbocycles. The Morgan fingerprint density at radius 1 is 1.29 bits per heavy atom. The van der Waals surface area contributed by atoms with Crippen LogP contribution < -0.4 is 10.1 Å². The summed E-state index contributed by atoms with van der Waals surface area (Å²) in [5.74, 6) is 0.773. The van der Waals surface area contributed by atoms with Gasteiger partial charge >= 0.3 is 0 Å². The first-order chi connectivity index (χ1) is 8.13. The zero-order valence-corrected chi connectivity index (χ0v) is 11.8. The fraction of sp³-hybridized carbons (Fsp3) is 0.538. The van der Waals surface area contributed by atoms with Gasteiger partial charge < -0.3 is 10.1 Å². The van der Waals surface area contributed by atoms with E-state index >= 15 is 0 Å². The van der Waals surface area contributed by atoms with Gasteiger partial charge in [0.05, 0.1) is 16.1 Å². The fourth-order valence-electron chi connectivity index (χ4n) is 1.53. The van der Waals surface area contributed by atoms with E-state index in [1.54, 1.807) is 12.1 Å². The average Bonchev–Trinajstić information content (AvgIpc) is 2.30. The highest BCUT2D eigenvalue weighted by Crippen LogP contribution is 2.27. The standard InChI is InChI=1S/C13H19Cl2NO/c1-3-16-8-4-5-10(2)17-11-6-7-12(14)13(15)9-11/h6-7,9-10,16H,3-5,8H2,1-2H3. The van der Waals surface area contributed by atoms with Crippen LogP contribution in [0.15, 0.2) is 18.2 Å². The summed E-state index contributed by atoms with van der Waals surface area (Å²) in [6.07, 6.45) is 2.31. The van der Waals surface area contributed by atoms with Gasteiger partial charge in [-0.05, 0) is 45.0 Å². The third-order valence-corrected chi connectivity index (χ3v) is 3.18. The Labute approximate surface area is 113 Å². The molecule has 1 atom stereocenters. The Hall–Kier alpha value is -0.440. The monoisotopic (exact) mass is 275 g/mol. The van der Waals surface area contributed by atoms with E-state index in [4.69, 9.17) is 27.9 Å². The first kappa shape index (κ1) is 14.6. The maximum atomic E-state index is 5.92. The fourth-order valence-corrected chi connectivity index (χ4v) is 1.82. The second-order valence-electron chi connectivity index (χ2n) is 4.00. The van der Waals surface area contributed by atoms with E-state index in [0.717, 1.165) is 31.7 Å². The average molecular weight is 276 g/mol. The minimum Gasteiger partial charge on any atom is -0.491 e. The van der Waals surface area contributed by atoms with Crippen LogP contribution in [-0.4, -0.2) is 19.2 Å². The maximum absolute atomic E-state index is 5.92. The maximum Gasteiger partial charge on any atom is 0.121 e. The van der Waals surface area contributed by atoms with Crippen molar-refractivity contribution in [1.29, 1.82) is 0 Å². The summed E-state index contributed by atoms with van der Waals surface area (Å²) in [7, 11) is 0. The third-order valence-electron chi connectivity index (χ3n) is 2.44. The first-order valence-corrected chi connectivity index (χ1v) is 6.71. The molecule has 0 fully saturated rings. The quantitative estimate of drug-likeness (QED) is 0.755. The van der Waals surface area contributed by atoms with Crippen molar-refractivity contribution in [3.05, 3.63) is 28.2 Å². The van der Waals surface area contributed by atoms with Crippen molar-refractivity contribution < 1.29 is 4.74 Å². The van der Waals surface area contributed by atoms with Crippen molar-refractivity contribution >= 4 is 23.2 Å². The van der Waals surface area contributed by atoms with E-state index in [9.17, 15) is 0 Å². The molecular formula is C13H19Cl2NO. The Morgan fingerprint density at radius 2 is 2.06 bits per heavy atom. The number of benzene rings is 1. The van der Waals surface area contributed by atoms with Crippen LogP contribution in [0.2, 0.25) is 10.0 Å². The van der Waals surface area contributed by atoms with Crippen LogP contribution in [0.3, 0.4) is 0 Å². The summed E-state index contributed by atoms with van der Waals surface area (Å²) >= 11 is 11.8. The molecule has 4 heteroatoms. The van der Waals surface area contributed by atoms with Gasteiger partial charge in [0.1, 0.15) is 5.75 Å². The molecule has 0 heterocycles. The zero-order chi connectivity index (χ0) is 12.7. The van der Waals surface area contributed by atoms with E-state index in [2.05, 4.69) is 19.2 Å². The molecular weight excluding hydrogens is 257 g/mol. The minimum atomic E-state index is 0.186. The van der Waals surface area contributed by atoms with Crippen molar-refractivity contribution in [1.82, 2.24) is 5.32 Å². The molecule has 0 saturated heterocycles. The molecule has 0 bridgehead atoms. The van der Waals surface area contributed by atoms with E-state index < -0.39 is 0 Å². The van der Waals surface area contributed by atoms with E-state index in [1.807, 2.05) is 6.07 Å². The van der Waals surface area contributed by atoms with Gasteiger partial charge in [0.2, 0.25) is 0 Å². The van der Waals surface area contributed by atoms with Crippen molar-refractivity contribution in [2.24, 2.45) is 0 Å². The lowest BCUT2D eigenvalue weighted by atomic mass is 10.2. The second kappa shape index (κ2) is 7.80. The normalized spacial score (nSPS) is 12.5. The molecule has 1 rings (SSSR count). The van der Waals surface area contributed by atoms with Gasteiger partial charge in [0.25, 0.3) is 0 Å². The number of nitrogens with one attached hydrogen (secondary N) is 1. The van der Waals surface area contributed by atoms with Crippen LogP contribution >= 0.6 is 23.2 Å². The zero-order valence-electron chi connectivity index (χ0n) is 10.3. The molecule has 1 unspecified atom stereocenters. The van der Waals surface area contributed by atoms with Crippen molar-refractivity contribution in [2.75, 3.05) is 13.1 Å². The SMILES string of the molecule is CCNCCCC(C)Oc1ccc(Cl)c(Cl)c1. The predicted octanol–water partition coefficient (Wildman–Crippen LogP) is 4.15. The lowest BCUT2D eigenvalue weighted by Crippen LogP contribution is -2.18. The van der Waals surface area contributed by atoms with Crippen molar-refractivity contribution in [2.45, 2.75) is 32.8 Å². The van der Waals surface area contributed by atoms with Gasteiger partial charge in [0, 0.05) is 6.07 Å². The molecule has 1 N–H and O–H groups in total. The molecule has 1 aromatic rings. The second-order valence-corrected chi connectivity index (χ2v) is 4.81. The summed E-state index contributed by atoms with van der Waals surface area (Å²) in [5, 5.41) is 4.38. The summed E-state index contributed by atoms with van der Waals surface area (Å²) in [4.78, 5) is 0. The highest BCUT2D eigenvalue weighted by atomic mass is 35.5. The van der Waals surface area contributed by atoms with Crippen molar-refractivity contribution in [3.63, 3.8) is 0 Å². The van der Waals surface area contributed by atoms with Crippen LogP contribution in [-0.2, 0) is 0 Å². The van der Waals surface area contributed by atoms with Gasteiger partial charge in [-0.1, -0.05) is 30.1 Å². The molecule has 0 aliphatic rings. The third kappa shape index (κ3) is 5.62. The Balaban J connectivity index is 2.34. The Bertz CT molecular complexity index is 344. The van der Waals surface area contributed by atoms with E-state index in [0.29, 0.717) is 10.0 Å². The smallest absolute Gasteiger partial charge is 0.121 e. The number of ether oxygens (including phenoxy) is 1. The molecule has 96 valence electrons. The molecule has 0 radical (unpaired) electrons. The number of hydrogen-bond acceptors (Lipinski definition) is 2. The number of halogens is 2. The largest absolute Gasteiger partial charge is 0.491 e. The molecule has 0 saturated carbocycles. The summed E-state index contributed by atoms with van der Waals surface area (Å²) < 4.78 is 5.76. The Morgan fingerprint density at radius 3 is 2.71 bits per heavy atom. The topological polar surface area (TPSA) is 21.3 Å². The lowest BCUT2D eigenvalue weighted by molar-refractivity contribution is 0.207. The van der Waals surface area contributed by atoms with E-state index in [1.165, 1.54) is 0 Å². The molecule has 0 aliphatic heterocycles. The van der Waals surface area contributed by atoms with Gasteiger partial charge in [-0.15, -0.1) is 0 Å². The van der Waals surface area contributed by atoms with Gasteiger partial charge in [-0.25, -0.2) is 0 Å². The van der Waals surface area contributed by atoms with Crippen LogP contribution in [0.1, 0.15) is 26.7 Å². The highest BCUT2D eigenvalue weighted by Gasteiger charge is 2.05. The summed E-state index contributed by atoms with van der Waals surface area (Å²) in [6.45, 7) is 6.22. The molecule has 1 aromatic carbocycles. The van der Waals surface area contributed by atoms with Gasteiger partial charge in [-0.3, -0.25) is 0 Å². The molecule has 17 heavy (non-hydrogen) atoms. The lowest BCUT2D eigenvalue weighted by Gasteiger charge is -2.15. The predicted molar refractivity (Wildman–Crippen MR) is 74.3 cm³/mol. The molecule has 0 spiro atoms. The summed E-state index contributed by atoms with van der Waals surface area (Å²) in [5.41, 5.74) is 0. The minimum absolute atomic E-state index is 0.186.